The Morgan fingerprint density at radius 3 is 2.88 bits per heavy atom. The van der Waals surface area contributed by atoms with Gasteiger partial charge in [0, 0.05) is 34.7 Å². The summed E-state index contributed by atoms with van der Waals surface area (Å²) in [6, 6.07) is 6.83. The average molecular weight is 249 g/mol. The number of thiophene rings is 1. The maximum absolute atomic E-state index is 4.21. The molecule has 0 aliphatic rings. The Hall–Kier alpha value is -1.13. The van der Waals surface area contributed by atoms with Crippen LogP contribution in [0.4, 0.5) is 0 Å². The predicted molar refractivity (Wildman–Crippen MR) is 72.2 cm³/mol. The van der Waals surface area contributed by atoms with Crippen molar-refractivity contribution < 1.29 is 0 Å². The summed E-state index contributed by atoms with van der Waals surface area (Å²) in [6.07, 6.45) is 4.95. The van der Waals surface area contributed by atoms with Crippen LogP contribution >= 0.6 is 11.3 Å². The van der Waals surface area contributed by atoms with Crippen LogP contribution in [0, 0.1) is 0 Å². The van der Waals surface area contributed by atoms with Crippen molar-refractivity contribution in [2.75, 3.05) is 0 Å². The third-order valence-electron chi connectivity index (χ3n) is 2.71. The summed E-state index contributed by atoms with van der Waals surface area (Å²) in [6.45, 7) is 6.26. The van der Waals surface area contributed by atoms with Gasteiger partial charge in [0.2, 0.25) is 0 Å². The number of hydrogen-bond donors (Lipinski definition) is 1. The van der Waals surface area contributed by atoms with Gasteiger partial charge < -0.3 is 5.32 Å². The molecule has 1 N–H and O–H groups in total. The molecule has 92 valence electrons. The van der Waals surface area contributed by atoms with E-state index in [9.17, 15) is 0 Å². The molecular formula is C13H19N3S. The summed E-state index contributed by atoms with van der Waals surface area (Å²) >= 11 is 1.90. The smallest absolute Gasteiger partial charge is 0.0560 e. The van der Waals surface area contributed by atoms with Crippen LogP contribution in [0.5, 0.6) is 0 Å². The minimum Gasteiger partial charge on any atom is -0.308 e. The number of nitrogens with zero attached hydrogens (tertiary/aromatic N) is 2. The van der Waals surface area contributed by atoms with Gasteiger partial charge in [-0.05, 0) is 31.5 Å². The van der Waals surface area contributed by atoms with Gasteiger partial charge in [-0.15, -0.1) is 11.3 Å². The topological polar surface area (TPSA) is 29.9 Å². The molecule has 0 amide bonds. The van der Waals surface area contributed by atoms with Crippen molar-refractivity contribution in [3.05, 3.63) is 40.3 Å². The maximum atomic E-state index is 4.21. The van der Waals surface area contributed by atoms with Crippen molar-refractivity contribution >= 4 is 11.3 Å². The van der Waals surface area contributed by atoms with Crippen LogP contribution in [-0.4, -0.2) is 15.8 Å². The molecule has 2 aromatic rings. The van der Waals surface area contributed by atoms with E-state index in [2.05, 4.69) is 36.4 Å². The molecule has 0 aliphatic heterocycles. The molecule has 0 aliphatic carbocycles. The lowest BCUT2D eigenvalue weighted by Crippen LogP contribution is -2.29. The van der Waals surface area contributed by atoms with Gasteiger partial charge in [0.1, 0.15) is 0 Å². The standard InChI is InChI=1S/C13H19N3S/c1-3-12-5-6-13(17-12)9-14-11(2)10-16-8-4-7-15-16/h4-8,11,14H,3,9-10H2,1-2H3. The second-order valence-corrected chi connectivity index (χ2v) is 5.48. The molecule has 3 nitrogen and oxygen atoms in total. The van der Waals surface area contributed by atoms with Gasteiger partial charge in [0.25, 0.3) is 0 Å². The van der Waals surface area contributed by atoms with Crippen LogP contribution in [0.3, 0.4) is 0 Å². The number of aromatic nitrogens is 2. The number of hydrogen-bond acceptors (Lipinski definition) is 3. The van der Waals surface area contributed by atoms with E-state index in [0.29, 0.717) is 6.04 Å². The van der Waals surface area contributed by atoms with Crippen LogP contribution in [0.2, 0.25) is 0 Å². The molecule has 4 heteroatoms. The largest absolute Gasteiger partial charge is 0.308 e. The third kappa shape index (κ3) is 3.68. The van der Waals surface area contributed by atoms with E-state index in [1.54, 1.807) is 0 Å². The highest BCUT2D eigenvalue weighted by Gasteiger charge is 2.04. The van der Waals surface area contributed by atoms with Gasteiger partial charge in [0.05, 0.1) is 6.54 Å². The predicted octanol–water partition coefficient (Wildman–Crippen LogP) is 2.69. The van der Waals surface area contributed by atoms with Crippen LogP contribution in [0.25, 0.3) is 0 Å². The zero-order valence-corrected chi connectivity index (χ0v) is 11.2. The normalized spacial score (nSPS) is 12.8. The van der Waals surface area contributed by atoms with E-state index < -0.39 is 0 Å². The van der Waals surface area contributed by atoms with Crippen molar-refractivity contribution in [3.63, 3.8) is 0 Å². The highest BCUT2D eigenvalue weighted by atomic mass is 32.1. The fourth-order valence-corrected chi connectivity index (χ4v) is 2.64. The Bertz CT molecular complexity index is 433. The summed E-state index contributed by atoms with van der Waals surface area (Å²) in [4.78, 5) is 2.87. The van der Waals surface area contributed by atoms with Gasteiger partial charge in [0.15, 0.2) is 0 Å². The first-order chi connectivity index (χ1) is 8.28. The molecule has 0 saturated heterocycles. The number of aryl methyl sites for hydroxylation is 1. The molecule has 0 saturated carbocycles. The highest BCUT2D eigenvalue weighted by Crippen LogP contribution is 2.16. The highest BCUT2D eigenvalue weighted by molar-refractivity contribution is 7.11. The monoisotopic (exact) mass is 249 g/mol. The van der Waals surface area contributed by atoms with Gasteiger partial charge in [-0.2, -0.15) is 5.10 Å². The van der Waals surface area contributed by atoms with E-state index in [4.69, 9.17) is 0 Å². The maximum Gasteiger partial charge on any atom is 0.0560 e. The Balaban J connectivity index is 1.77. The Kier molecular flexibility index (Phi) is 4.34. The van der Waals surface area contributed by atoms with E-state index in [1.165, 1.54) is 9.75 Å². The summed E-state index contributed by atoms with van der Waals surface area (Å²) in [7, 11) is 0. The minimum atomic E-state index is 0.432. The number of nitrogens with one attached hydrogen (secondary N) is 1. The summed E-state index contributed by atoms with van der Waals surface area (Å²) < 4.78 is 1.96. The molecule has 2 aromatic heterocycles. The third-order valence-corrected chi connectivity index (χ3v) is 3.94. The van der Waals surface area contributed by atoms with Crippen LogP contribution < -0.4 is 5.32 Å². The zero-order valence-electron chi connectivity index (χ0n) is 10.4. The molecule has 17 heavy (non-hydrogen) atoms. The van der Waals surface area contributed by atoms with E-state index in [-0.39, 0.29) is 0 Å². The van der Waals surface area contributed by atoms with Crippen molar-refractivity contribution in [2.24, 2.45) is 0 Å². The molecule has 2 rings (SSSR count). The Morgan fingerprint density at radius 1 is 1.41 bits per heavy atom. The SMILES string of the molecule is CCc1ccc(CNC(C)Cn2cccn2)s1. The zero-order chi connectivity index (χ0) is 12.1. The van der Waals surface area contributed by atoms with Crippen molar-refractivity contribution in [2.45, 2.75) is 39.4 Å². The summed E-state index contributed by atoms with van der Waals surface area (Å²) in [5.74, 6) is 0. The lowest BCUT2D eigenvalue weighted by molar-refractivity contribution is 0.452. The summed E-state index contributed by atoms with van der Waals surface area (Å²) in [5, 5.41) is 7.73. The van der Waals surface area contributed by atoms with Gasteiger partial charge in [-0.1, -0.05) is 6.92 Å². The Morgan fingerprint density at radius 2 is 2.24 bits per heavy atom. The van der Waals surface area contributed by atoms with Crippen LogP contribution in [0.1, 0.15) is 23.6 Å². The Labute approximate surface area is 106 Å². The summed E-state index contributed by atoms with van der Waals surface area (Å²) in [5.41, 5.74) is 0. The fraction of sp³-hybridized carbons (Fsp3) is 0.462. The number of rotatable bonds is 6. The lowest BCUT2D eigenvalue weighted by atomic mass is 10.3. The van der Waals surface area contributed by atoms with Crippen molar-refractivity contribution in [1.82, 2.24) is 15.1 Å². The molecule has 0 spiro atoms. The van der Waals surface area contributed by atoms with E-state index in [0.717, 1.165) is 19.5 Å². The van der Waals surface area contributed by atoms with Crippen LogP contribution in [-0.2, 0) is 19.5 Å². The van der Waals surface area contributed by atoms with E-state index in [1.807, 2.05) is 34.5 Å². The first-order valence-electron chi connectivity index (χ1n) is 6.06. The molecule has 0 bridgehead atoms. The van der Waals surface area contributed by atoms with Gasteiger partial charge in [-0.3, -0.25) is 4.68 Å². The molecule has 1 atom stereocenters. The molecule has 0 radical (unpaired) electrons. The van der Waals surface area contributed by atoms with Crippen molar-refractivity contribution in [3.8, 4) is 0 Å². The van der Waals surface area contributed by atoms with Crippen LogP contribution in [0.15, 0.2) is 30.6 Å². The first kappa shape index (κ1) is 12.3. The average Bonchev–Trinajstić information content (AvgIpc) is 2.96. The second kappa shape index (κ2) is 5.98. The molecule has 0 aromatic carbocycles. The van der Waals surface area contributed by atoms with Gasteiger partial charge in [-0.25, -0.2) is 0 Å². The second-order valence-electron chi connectivity index (χ2n) is 4.23. The van der Waals surface area contributed by atoms with Crippen molar-refractivity contribution in [1.29, 1.82) is 0 Å². The quantitative estimate of drug-likeness (QED) is 0.853. The first-order valence-corrected chi connectivity index (χ1v) is 6.88. The molecule has 1 unspecified atom stereocenters. The lowest BCUT2D eigenvalue weighted by Gasteiger charge is -2.12. The van der Waals surface area contributed by atoms with E-state index >= 15 is 0 Å². The van der Waals surface area contributed by atoms with Gasteiger partial charge >= 0.3 is 0 Å². The molecule has 0 fully saturated rings. The molecular weight excluding hydrogens is 230 g/mol. The minimum absolute atomic E-state index is 0.432. The fourth-order valence-electron chi connectivity index (χ4n) is 1.74. The molecule has 2 heterocycles.